The lowest BCUT2D eigenvalue weighted by Crippen LogP contribution is -2.36. The molecular formula is C25H42O3. The van der Waals surface area contributed by atoms with Crippen LogP contribution in [-0.4, -0.2) is 34.1 Å². The number of aliphatic hydroxyl groups is 3. The Labute approximate surface area is 171 Å². The summed E-state index contributed by atoms with van der Waals surface area (Å²) in [6.07, 6.45) is 14.9. The molecule has 0 aromatic carbocycles. The van der Waals surface area contributed by atoms with E-state index in [0.717, 1.165) is 24.7 Å². The van der Waals surface area contributed by atoms with Crippen molar-refractivity contribution in [3.8, 4) is 0 Å². The zero-order chi connectivity index (χ0) is 20.3. The summed E-state index contributed by atoms with van der Waals surface area (Å²) >= 11 is 0. The maximum atomic E-state index is 10.2. The molecule has 3 nitrogen and oxygen atoms in total. The highest BCUT2D eigenvalue weighted by Gasteiger charge is 2.50. The van der Waals surface area contributed by atoms with Gasteiger partial charge in [0, 0.05) is 12.5 Å². The van der Waals surface area contributed by atoms with Crippen LogP contribution >= 0.6 is 0 Å². The molecule has 3 N–H and O–H groups in total. The zero-order valence-electron chi connectivity index (χ0n) is 18.2. The van der Waals surface area contributed by atoms with E-state index in [1.165, 1.54) is 44.1 Å². The van der Waals surface area contributed by atoms with Crippen LogP contribution in [0.2, 0.25) is 0 Å². The van der Waals surface area contributed by atoms with E-state index in [2.05, 4.69) is 26.0 Å². The van der Waals surface area contributed by atoms with Crippen molar-refractivity contribution in [2.24, 2.45) is 29.1 Å². The molecule has 3 heteroatoms. The fraction of sp³-hybridized carbons (Fsp3) is 0.840. The number of fused-ring (bicyclic) bond motifs is 1. The van der Waals surface area contributed by atoms with Gasteiger partial charge in [-0.2, -0.15) is 0 Å². The van der Waals surface area contributed by atoms with Crippen molar-refractivity contribution in [2.45, 2.75) is 97.2 Å². The second-order valence-electron chi connectivity index (χ2n) is 10.3. The number of unbranched alkanes of at least 4 members (excludes halogenated alkanes) is 1. The first kappa shape index (κ1) is 22.1. The Morgan fingerprint density at radius 2 is 1.82 bits per heavy atom. The van der Waals surface area contributed by atoms with E-state index in [9.17, 15) is 10.2 Å². The van der Waals surface area contributed by atoms with Gasteiger partial charge >= 0.3 is 0 Å². The molecule has 0 bridgehead atoms. The van der Waals surface area contributed by atoms with Crippen molar-refractivity contribution >= 4 is 0 Å². The van der Waals surface area contributed by atoms with Gasteiger partial charge in [0.2, 0.25) is 0 Å². The summed E-state index contributed by atoms with van der Waals surface area (Å²) in [6.45, 7) is 7.23. The van der Waals surface area contributed by atoms with Gasteiger partial charge in [0.05, 0.1) is 12.2 Å². The molecule has 0 aromatic heterocycles. The largest absolute Gasteiger partial charge is 0.396 e. The Morgan fingerprint density at radius 3 is 2.50 bits per heavy atom. The molecule has 3 aliphatic rings. The van der Waals surface area contributed by atoms with Crippen LogP contribution in [0.3, 0.4) is 0 Å². The average Bonchev–Trinajstić information content (AvgIpc) is 3.02. The number of allylic oxidation sites excluding steroid dienone is 3. The van der Waals surface area contributed by atoms with Gasteiger partial charge in [0.15, 0.2) is 0 Å². The van der Waals surface area contributed by atoms with Crippen LogP contribution in [0, 0.1) is 29.1 Å². The lowest BCUT2D eigenvalue weighted by molar-refractivity contribution is 0.00407. The molecule has 0 saturated heterocycles. The lowest BCUT2D eigenvalue weighted by Gasteiger charge is -2.44. The van der Waals surface area contributed by atoms with Crippen LogP contribution in [0.15, 0.2) is 23.3 Å². The number of aliphatic hydroxyl groups excluding tert-OH is 3. The van der Waals surface area contributed by atoms with E-state index in [4.69, 9.17) is 5.11 Å². The van der Waals surface area contributed by atoms with Crippen molar-refractivity contribution in [1.82, 2.24) is 0 Å². The minimum atomic E-state index is -0.416. The predicted molar refractivity (Wildman–Crippen MR) is 115 cm³/mol. The maximum absolute atomic E-state index is 10.2. The van der Waals surface area contributed by atoms with E-state index in [1.807, 2.05) is 6.92 Å². The molecule has 3 fully saturated rings. The van der Waals surface area contributed by atoms with E-state index in [1.54, 1.807) is 5.57 Å². The number of hydrogen-bond donors (Lipinski definition) is 3. The summed E-state index contributed by atoms with van der Waals surface area (Å²) in [6, 6.07) is 0. The second kappa shape index (κ2) is 9.45. The van der Waals surface area contributed by atoms with E-state index in [-0.39, 0.29) is 5.92 Å². The molecule has 0 heterocycles. The third-order valence-corrected chi connectivity index (χ3v) is 8.48. The van der Waals surface area contributed by atoms with Gasteiger partial charge in [-0.05, 0) is 74.5 Å². The molecule has 6 atom stereocenters. The summed E-state index contributed by atoms with van der Waals surface area (Å²) in [4.78, 5) is 0. The zero-order valence-corrected chi connectivity index (χ0v) is 18.2. The quantitative estimate of drug-likeness (QED) is 0.559. The van der Waals surface area contributed by atoms with Crippen LogP contribution < -0.4 is 0 Å². The Kier molecular flexibility index (Phi) is 7.44. The molecule has 0 spiro atoms. The van der Waals surface area contributed by atoms with Crippen molar-refractivity contribution in [3.05, 3.63) is 23.3 Å². The molecule has 0 unspecified atom stereocenters. The first-order chi connectivity index (χ1) is 13.4. The molecule has 0 aliphatic heterocycles. The second-order valence-corrected chi connectivity index (χ2v) is 10.3. The first-order valence-electron chi connectivity index (χ1n) is 11.7. The van der Waals surface area contributed by atoms with Gasteiger partial charge in [0.25, 0.3) is 0 Å². The smallest absolute Gasteiger partial charge is 0.0627 e. The fourth-order valence-electron chi connectivity index (χ4n) is 6.60. The summed E-state index contributed by atoms with van der Waals surface area (Å²) in [7, 11) is 0. The topological polar surface area (TPSA) is 60.7 Å². The molecule has 28 heavy (non-hydrogen) atoms. The molecule has 3 saturated carbocycles. The van der Waals surface area contributed by atoms with Crippen molar-refractivity contribution < 1.29 is 15.3 Å². The predicted octanol–water partition coefficient (Wildman–Crippen LogP) is 5.01. The fourth-order valence-corrected chi connectivity index (χ4v) is 6.60. The number of hydrogen-bond acceptors (Lipinski definition) is 3. The van der Waals surface area contributed by atoms with Crippen molar-refractivity contribution in [3.63, 3.8) is 0 Å². The van der Waals surface area contributed by atoms with Crippen LogP contribution in [0.5, 0.6) is 0 Å². The molecule has 0 radical (unpaired) electrons. The third-order valence-electron chi connectivity index (χ3n) is 8.48. The van der Waals surface area contributed by atoms with Crippen LogP contribution in [0.25, 0.3) is 0 Å². The SMILES string of the molecule is CC1[C@H](O)CC(=C/C=C2\CCC[C@]3(C)[C@@H]([C@H](C)CCCCO)CC[C@@H]23)C[C@H]1O. The average molecular weight is 391 g/mol. The molecular weight excluding hydrogens is 348 g/mol. The van der Waals surface area contributed by atoms with Crippen molar-refractivity contribution in [1.29, 1.82) is 0 Å². The molecule has 160 valence electrons. The molecule has 0 amide bonds. The lowest BCUT2D eigenvalue weighted by atomic mass is 9.60. The van der Waals surface area contributed by atoms with E-state index >= 15 is 0 Å². The molecule has 0 aromatic rings. The summed E-state index contributed by atoms with van der Waals surface area (Å²) in [5, 5.41) is 29.5. The molecule has 3 rings (SSSR count). The summed E-state index contributed by atoms with van der Waals surface area (Å²) in [5.74, 6) is 2.21. The van der Waals surface area contributed by atoms with Crippen LogP contribution in [0.4, 0.5) is 0 Å². The van der Waals surface area contributed by atoms with Gasteiger partial charge < -0.3 is 15.3 Å². The minimum Gasteiger partial charge on any atom is -0.396 e. The Hall–Kier alpha value is -0.640. The highest BCUT2D eigenvalue weighted by atomic mass is 16.3. The normalized spacial score (nSPS) is 41.1. The van der Waals surface area contributed by atoms with Crippen LogP contribution in [-0.2, 0) is 0 Å². The standard InChI is InChI=1S/C25H42O3/c1-17(7-4-5-14-26)21-11-12-22-20(8-6-13-25(21,22)3)10-9-19-15-23(27)18(2)24(28)16-19/h9-10,17-18,21-24,26-28H,4-8,11-16H2,1-3H3/b19-9?,20-10+/t17-,18?,21-,22+,23-,24-,25-/m1/s1. The summed E-state index contributed by atoms with van der Waals surface area (Å²) in [5.41, 5.74) is 3.22. The highest BCUT2D eigenvalue weighted by Crippen LogP contribution is 2.59. The maximum Gasteiger partial charge on any atom is 0.0627 e. The van der Waals surface area contributed by atoms with Crippen LogP contribution in [0.1, 0.15) is 85.0 Å². The van der Waals surface area contributed by atoms with Gasteiger partial charge in [-0.1, -0.05) is 56.9 Å². The van der Waals surface area contributed by atoms with Gasteiger partial charge in [-0.25, -0.2) is 0 Å². The Bertz CT molecular complexity index is 566. The van der Waals surface area contributed by atoms with Gasteiger partial charge in [0.1, 0.15) is 0 Å². The first-order valence-corrected chi connectivity index (χ1v) is 11.7. The number of rotatable bonds is 6. The highest BCUT2D eigenvalue weighted by molar-refractivity contribution is 5.26. The van der Waals surface area contributed by atoms with Crippen molar-refractivity contribution in [2.75, 3.05) is 6.61 Å². The van der Waals surface area contributed by atoms with E-state index in [0.29, 0.717) is 30.8 Å². The molecule has 3 aliphatic carbocycles. The summed E-state index contributed by atoms with van der Waals surface area (Å²) < 4.78 is 0. The minimum absolute atomic E-state index is 0.0225. The Balaban J connectivity index is 1.70. The third kappa shape index (κ3) is 4.57. The van der Waals surface area contributed by atoms with Gasteiger partial charge in [-0.3, -0.25) is 0 Å². The Morgan fingerprint density at radius 1 is 1.11 bits per heavy atom. The van der Waals surface area contributed by atoms with E-state index < -0.39 is 12.2 Å². The monoisotopic (exact) mass is 390 g/mol. The van der Waals surface area contributed by atoms with Gasteiger partial charge in [-0.15, -0.1) is 0 Å².